The standard InChI is InChI=1S/C18H28N4O2S/c1-6-22(7-2)17(15-8-9-25-12-15)10-19-18(23)21(5)11-16-13(3)20-24-14(16)4/h8-9,12,17H,6-7,10-11H2,1-5H3,(H,19,23). The van der Waals surface area contributed by atoms with Gasteiger partial charge in [0.25, 0.3) is 0 Å². The van der Waals surface area contributed by atoms with Crippen LogP contribution in [0.4, 0.5) is 4.79 Å². The third kappa shape index (κ3) is 4.83. The van der Waals surface area contributed by atoms with Crippen molar-refractivity contribution in [3.05, 3.63) is 39.4 Å². The lowest BCUT2D eigenvalue weighted by molar-refractivity contribution is 0.188. The average molecular weight is 365 g/mol. The molecule has 138 valence electrons. The Bertz CT molecular complexity index is 645. The molecule has 0 bridgehead atoms. The Kier molecular flexibility index (Phi) is 7.01. The fraction of sp³-hybridized carbons (Fsp3) is 0.556. The molecular formula is C18H28N4O2S. The molecule has 0 spiro atoms. The number of carbonyl (C=O) groups is 1. The topological polar surface area (TPSA) is 61.6 Å². The Balaban J connectivity index is 1.98. The number of likely N-dealkylation sites (N-methyl/N-ethyl adjacent to an activating group) is 1. The highest BCUT2D eigenvalue weighted by atomic mass is 32.1. The molecule has 2 heterocycles. The van der Waals surface area contributed by atoms with Crippen LogP contribution in [0, 0.1) is 13.8 Å². The van der Waals surface area contributed by atoms with Crippen LogP contribution in [0.25, 0.3) is 0 Å². The highest BCUT2D eigenvalue weighted by Crippen LogP contribution is 2.22. The van der Waals surface area contributed by atoms with E-state index in [2.05, 4.69) is 46.0 Å². The molecule has 0 radical (unpaired) electrons. The van der Waals surface area contributed by atoms with Crippen molar-refractivity contribution < 1.29 is 9.32 Å². The molecular weight excluding hydrogens is 336 g/mol. The fourth-order valence-corrected chi connectivity index (χ4v) is 3.65. The van der Waals surface area contributed by atoms with Crippen molar-refractivity contribution in [2.24, 2.45) is 0 Å². The van der Waals surface area contributed by atoms with E-state index < -0.39 is 0 Å². The molecule has 0 aromatic carbocycles. The van der Waals surface area contributed by atoms with Gasteiger partial charge in [0.15, 0.2) is 0 Å². The first-order chi connectivity index (χ1) is 12.0. The van der Waals surface area contributed by atoms with Gasteiger partial charge in [0, 0.05) is 19.2 Å². The molecule has 0 saturated heterocycles. The Morgan fingerprint density at radius 1 is 1.36 bits per heavy atom. The van der Waals surface area contributed by atoms with E-state index in [1.807, 2.05) is 13.8 Å². The minimum atomic E-state index is -0.0904. The summed E-state index contributed by atoms with van der Waals surface area (Å²) in [6, 6.07) is 2.23. The predicted octanol–water partition coefficient (Wildman–Crippen LogP) is 3.58. The Labute approximate surface area is 153 Å². The van der Waals surface area contributed by atoms with Crippen LogP contribution in [0.2, 0.25) is 0 Å². The number of rotatable bonds is 8. The van der Waals surface area contributed by atoms with Crippen molar-refractivity contribution in [2.75, 3.05) is 26.7 Å². The molecule has 1 unspecified atom stereocenters. The number of hydrogen-bond acceptors (Lipinski definition) is 5. The van der Waals surface area contributed by atoms with Crippen molar-refractivity contribution in [1.29, 1.82) is 0 Å². The first kappa shape index (κ1) is 19.5. The maximum absolute atomic E-state index is 12.5. The number of nitrogens with zero attached hydrogens (tertiary/aromatic N) is 3. The number of aromatic nitrogens is 1. The minimum Gasteiger partial charge on any atom is -0.361 e. The molecule has 1 atom stereocenters. The monoisotopic (exact) mass is 364 g/mol. The lowest BCUT2D eigenvalue weighted by atomic mass is 10.1. The van der Waals surface area contributed by atoms with Crippen molar-refractivity contribution in [3.63, 3.8) is 0 Å². The fourth-order valence-electron chi connectivity index (χ4n) is 2.94. The number of urea groups is 1. The molecule has 2 amide bonds. The highest BCUT2D eigenvalue weighted by Gasteiger charge is 2.21. The van der Waals surface area contributed by atoms with Gasteiger partial charge in [0.05, 0.1) is 18.3 Å². The largest absolute Gasteiger partial charge is 0.361 e. The molecule has 0 aliphatic heterocycles. The van der Waals surface area contributed by atoms with Crippen LogP contribution >= 0.6 is 11.3 Å². The number of aryl methyl sites for hydroxylation is 2. The molecule has 6 nitrogen and oxygen atoms in total. The summed E-state index contributed by atoms with van der Waals surface area (Å²) in [7, 11) is 1.79. The van der Waals surface area contributed by atoms with Crippen molar-refractivity contribution in [3.8, 4) is 0 Å². The summed E-state index contributed by atoms with van der Waals surface area (Å²) in [5.74, 6) is 0.761. The molecule has 0 aliphatic carbocycles. The van der Waals surface area contributed by atoms with Crippen LogP contribution in [0.5, 0.6) is 0 Å². The van der Waals surface area contributed by atoms with Gasteiger partial charge < -0.3 is 14.7 Å². The third-order valence-corrected chi connectivity index (χ3v) is 5.25. The first-order valence-corrected chi connectivity index (χ1v) is 9.59. The summed E-state index contributed by atoms with van der Waals surface area (Å²) in [6.07, 6.45) is 0. The van der Waals surface area contributed by atoms with E-state index in [0.717, 1.165) is 30.1 Å². The van der Waals surface area contributed by atoms with Gasteiger partial charge >= 0.3 is 6.03 Å². The average Bonchev–Trinajstić information content (AvgIpc) is 3.24. The van der Waals surface area contributed by atoms with Gasteiger partial charge in [-0.05, 0) is 49.3 Å². The molecule has 0 aliphatic rings. The second kappa shape index (κ2) is 9.01. The maximum atomic E-state index is 12.5. The van der Waals surface area contributed by atoms with Crippen LogP contribution in [-0.4, -0.2) is 47.7 Å². The third-order valence-electron chi connectivity index (χ3n) is 4.55. The van der Waals surface area contributed by atoms with Crippen molar-refractivity contribution in [1.82, 2.24) is 20.3 Å². The number of hydrogen-bond donors (Lipinski definition) is 1. The minimum absolute atomic E-state index is 0.0904. The molecule has 7 heteroatoms. The second-order valence-electron chi connectivity index (χ2n) is 6.14. The molecule has 2 aromatic rings. The van der Waals surface area contributed by atoms with Crippen molar-refractivity contribution in [2.45, 2.75) is 40.3 Å². The Hall–Kier alpha value is -1.86. The Morgan fingerprint density at radius 2 is 2.08 bits per heavy atom. The smallest absolute Gasteiger partial charge is 0.317 e. The van der Waals surface area contributed by atoms with Crippen LogP contribution < -0.4 is 5.32 Å². The second-order valence-corrected chi connectivity index (χ2v) is 6.92. The quantitative estimate of drug-likeness (QED) is 0.778. The molecule has 2 rings (SSSR count). The van der Waals surface area contributed by atoms with Gasteiger partial charge in [-0.25, -0.2) is 4.79 Å². The lowest BCUT2D eigenvalue weighted by Crippen LogP contribution is -2.42. The van der Waals surface area contributed by atoms with Gasteiger partial charge in [-0.15, -0.1) is 0 Å². The zero-order valence-corrected chi connectivity index (χ0v) is 16.5. The SMILES string of the molecule is CCN(CC)C(CNC(=O)N(C)Cc1c(C)noc1C)c1ccsc1. The van der Waals surface area contributed by atoms with E-state index in [0.29, 0.717) is 13.1 Å². The maximum Gasteiger partial charge on any atom is 0.317 e. The van der Waals surface area contributed by atoms with E-state index in [1.54, 1.807) is 23.3 Å². The van der Waals surface area contributed by atoms with E-state index in [9.17, 15) is 4.79 Å². The first-order valence-electron chi connectivity index (χ1n) is 8.64. The van der Waals surface area contributed by atoms with Gasteiger partial charge in [-0.2, -0.15) is 11.3 Å². The van der Waals surface area contributed by atoms with Crippen LogP contribution in [0.3, 0.4) is 0 Å². The molecule has 0 saturated carbocycles. The van der Waals surface area contributed by atoms with E-state index in [-0.39, 0.29) is 12.1 Å². The summed E-state index contributed by atoms with van der Waals surface area (Å²) in [4.78, 5) is 16.5. The normalized spacial score (nSPS) is 12.4. The molecule has 2 aromatic heterocycles. The number of carbonyl (C=O) groups excluding carboxylic acids is 1. The summed E-state index contributed by atoms with van der Waals surface area (Å²) in [5, 5.41) is 11.2. The van der Waals surface area contributed by atoms with Crippen LogP contribution in [0.1, 0.15) is 42.5 Å². The summed E-state index contributed by atoms with van der Waals surface area (Å²) in [5.41, 5.74) is 3.05. The van der Waals surface area contributed by atoms with E-state index >= 15 is 0 Å². The summed E-state index contributed by atoms with van der Waals surface area (Å²) >= 11 is 1.69. The highest BCUT2D eigenvalue weighted by molar-refractivity contribution is 7.07. The lowest BCUT2D eigenvalue weighted by Gasteiger charge is -2.30. The van der Waals surface area contributed by atoms with Gasteiger partial charge in [-0.1, -0.05) is 19.0 Å². The zero-order valence-electron chi connectivity index (χ0n) is 15.7. The van der Waals surface area contributed by atoms with Crippen LogP contribution in [0.15, 0.2) is 21.3 Å². The van der Waals surface area contributed by atoms with Crippen LogP contribution in [-0.2, 0) is 6.54 Å². The van der Waals surface area contributed by atoms with Gasteiger partial charge in [0.1, 0.15) is 5.76 Å². The van der Waals surface area contributed by atoms with Crippen molar-refractivity contribution >= 4 is 17.4 Å². The summed E-state index contributed by atoms with van der Waals surface area (Å²) in [6.45, 7) is 11.0. The predicted molar refractivity (Wildman–Crippen MR) is 101 cm³/mol. The van der Waals surface area contributed by atoms with Gasteiger partial charge in [0.2, 0.25) is 0 Å². The van der Waals surface area contributed by atoms with E-state index in [1.165, 1.54) is 5.56 Å². The molecule has 1 N–H and O–H groups in total. The Morgan fingerprint density at radius 3 is 2.60 bits per heavy atom. The zero-order chi connectivity index (χ0) is 18.4. The number of nitrogens with one attached hydrogen (secondary N) is 1. The van der Waals surface area contributed by atoms with Gasteiger partial charge in [-0.3, -0.25) is 4.90 Å². The summed E-state index contributed by atoms with van der Waals surface area (Å²) < 4.78 is 5.17. The molecule has 0 fully saturated rings. The van der Waals surface area contributed by atoms with E-state index in [4.69, 9.17) is 4.52 Å². The number of thiophene rings is 1. The molecule has 25 heavy (non-hydrogen) atoms. The number of amides is 2.